The Bertz CT molecular complexity index is 1410. The molecular weight excluding hydrogens is 494 g/mol. The van der Waals surface area contributed by atoms with Gasteiger partial charge in [-0.1, -0.05) is 61.9 Å². The smallest absolute Gasteiger partial charge is 0.264 e. The van der Waals surface area contributed by atoms with Crippen molar-refractivity contribution in [2.45, 2.75) is 59.5 Å². The van der Waals surface area contributed by atoms with Crippen LogP contribution in [0.4, 0.5) is 0 Å². The first-order valence-electron chi connectivity index (χ1n) is 13.3. The maximum atomic E-state index is 13.5. The zero-order valence-electron chi connectivity index (χ0n) is 22.7. The number of nitrogens with zero attached hydrogens (tertiary/aromatic N) is 4. The molecule has 2 aromatic heterocycles. The normalized spacial score (nSPS) is 11.4. The molecular formula is C30H37N5O2S. The number of fused-ring (bicyclic) bond motifs is 1. The summed E-state index contributed by atoms with van der Waals surface area (Å²) in [6, 6.07) is 18.1. The number of rotatable bonds is 12. The van der Waals surface area contributed by atoms with Crippen LogP contribution in [0.25, 0.3) is 10.2 Å². The van der Waals surface area contributed by atoms with Gasteiger partial charge in [0, 0.05) is 31.1 Å². The Morgan fingerprint density at radius 3 is 2.45 bits per heavy atom. The van der Waals surface area contributed by atoms with Gasteiger partial charge in [0.1, 0.15) is 5.82 Å². The Morgan fingerprint density at radius 1 is 1.03 bits per heavy atom. The second kappa shape index (κ2) is 12.9. The molecule has 2 heterocycles. The number of carbonyl (C=O) groups is 1. The summed E-state index contributed by atoms with van der Waals surface area (Å²) in [4.78, 5) is 34.4. The molecule has 0 atom stereocenters. The summed E-state index contributed by atoms with van der Waals surface area (Å²) >= 11 is 1.27. The van der Waals surface area contributed by atoms with Crippen molar-refractivity contribution < 1.29 is 4.79 Å². The van der Waals surface area contributed by atoms with Crippen molar-refractivity contribution in [2.24, 2.45) is 0 Å². The van der Waals surface area contributed by atoms with Crippen LogP contribution in [0.5, 0.6) is 0 Å². The minimum atomic E-state index is -0.0487. The topological polar surface area (TPSA) is 80.1 Å². The molecule has 0 fully saturated rings. The first kappa shape index (κ1) is 27.7. The third kappa shape index (κ3) is 6.94. The predicted octanol–water partition coefficient (Wildman–Crippen LogP) is 4.98. The fraction of sp³-hybridized carbons (Fsp3) is 0.400. The number of hydrogen-bond donors (Lipinski definition) is 1. The number of amides is 1. The SMILES string of the molecule is Cc1ccc(C(=O)N(CCCNC(C)C)CCCc2nc3snc(C)c3c(=O)n2Cc2ccccc2)cc1. The number of aromatic nitrogens is 3. The molecule has 4 rings (SSSR count). The molecule has 2 aromatic carbocycles. The third-order valence-corrected chi connectivity index (χ3v) is 7.43. The molecule has 0 unspecified atom stereocenters. The van der Waals surface area contributed by atoms with Gasteiger partial charge in [-0.25, -0.2) is 4.98 Å². The molecule has 0 aliphatic heterocycles. The Hall–Kier alpha value is -3.36. The lowest BCUT2D eigenvalue weighted by atomic mass is 10.1. The molecule has 38 heavy (non-hydrogen) atoms. The molecule has 4 aromatic rings. The Morgan fingerprint density at radius 2 is 1.74 bits per heavy atom. The van der Waals surface area contributed by atoms with Crippen molar-refractivity contribution >= 4 is 27.7 Å². The van der Waals surface area contributed by atoms with Crippen molar-refractivity contribution in [1.29, 1.82) is 0 Å². The van der Waals surface area contributed by atoms with E-state index in [1.54, 1.807) is 4.57 Å². The summed E-state index contributed by atoms with van der Waals surface area (Å²) in [7, 11) is 0. The highest BCUT2D eigenvalue weighted by molar-refractivity contribution is 7.12. The van der Waals surface area contributed by atoms with Crippen LogP contribution in [-0.2, 0) is 13.0 Å². The molecule has 0 aliphatic rings. The number of carbonyl (C=O) groups excluding carboxylic acids is 1. The lowest BCUT2D eigenvalue weighted by molar-refractivity contribution is 0.0751. The van der Waals surface area contributed by atoms with E-state index < -0.39 is 0 Å². The van der Waals surface area contributed by atoms with E-state index >= 15 is 0 Å². The van der Waals surface area contributed by atoms with Gasteiger partial charge in [-0.2, -0.15) is 4.37 Å². The van der Waals surface area contributed by atoms with Gasteiger partial charge in [-0.05, 0) is 62.5 Å². The largest absolute Gasteiger partial charge is 0.339 e. The molecule has 0 radical (unpaired) electrons. The van der Waals surface area contributed by atoms with Crippen LogP contribution >= 0.6 is 11.5 Å². The minimum Gasteiger partial charge on any atom is -0.339 e. The number of benzene rings is 2. The predicted molar refractivity (Wildman–Crippen MR) is 155 cm³/mol. The highest BCUT2D eigenvalue weighted by Crippen LogP contribution is 2.19. The van der Waals surface area contributed by atoms with Gasteiger partial charge in [0.2, 0.25) is 0 Å². The van der Waals surface area contributed by atoms with Crippen molar-refractivity contribution in [3.63, 3.8) is 0 Å². The van der Waals surface area contributed by atoms with Crippen molar-refractivity contribution in [2.75, 3.05) is 19.6 Å². The van der Waals surface area contributed by atoms with Crippen LogP contribution in [0.2, 0.25) is 0 Å². The zero-order valence-corrected chi connectivity index (χ0v) is 23.6. The van der Waals surface area contributed by atoms with Gasteiger partial charge in [0.25, 0.3) is 11.5 Å². The van der Waals surface area contributed by atoms with E-state index in [2.05, 4.69) is 23.5 Å². The number of aryl methyl sites for hydroxylation is 3. The van der Waals surface area contributed by atoms with E-state index in [-0.39, 0.29) is 11.5 Å². The van der Waals surface area contributed by atoms with E-state index in [9.17, 15) is 9.59 Å². The van der Waals surface area contributed by atoms with Crippen molar-refractivity contribution in [1.82, 2.24) is 24.1 Å². The zero-order chi connectivity index (χ0) is 27.1. The summed E-state index contributed by atoms with van der Waals surface area (Å²) in [6.45, 7) is 10.7. The Labute approximate surface area is 228 Å². The molecule has 0 saturated heterocycles. The van der Waals surface area contributed by atoms with Gasteiger partial charge >= 0.3 is 0 Å². The van der Waals surface area contributed by atoms with E-state index in [1.165, 1.54) is 11.5 Å². The standard InChI is InChI=1S/C30H37N5O2S/c1-21(2)31-17-9-19-34(29(36)25-15-13-22(3)14-16-25)18-8-12-26-32-28-27(23(4)33-38-28)30(37)35(26)20-24-10-6-5-7-11-24/h5-7,10-11,13-16,21,31H,8-9,12,17-20H2,1-4H3. The van der Waals surface area contributed by atoms with Gasteiger partial charge < -0.3 is 10.2 Å². The highest BCUT2D eigenvalue weighted by atomic mass is 32.1. The molecule has 200 valence electrons. The maximum Gasteiger partial charge on any atom is 0.264 e. The second-order valence-electron chi connectivity index (χ2n) is 10.1. The average molecular weight is 532 g/mol. The fourth-order valence-electron chi connectivity index (χ4n) is 4.51. The van der Waals surface area contributed by atoms with E-state index in [4.69, 9.17) is 4.98 Å². The molecule has 0 aliphatic carbocycles. The van der Waals surface area contributed by atoms with Gasteiger partial charge in [-0.3, -0.25) is 14.2 Å². The minimum absolute atomic E-state index is 0.0396. The van der Waals surface area contributed by atoms with Gasteiger partial charge in [-0.15, -0.1) is 0 Å². The van der Waals surface area contributed by atoms with E-state index in [0.29, 0.717) is 54.3 Å². The summed E-state index contributed by atoms with van der Waals surface area (Å²) in [5.41, 5.74) is 3.55. The summed E-state index contributed by atoms with van der Waals surface area (Å²) in [5, 5.41) is 4.03. The Kier molecular flexibility index (Phi) is 9.42. The first-order chi connectivity index (χ1) is 18.3. The van der Waals surface area contributed by atoms with Crippen molar-refractivity contribution in [3.8, 4) is 0 Å². The van der Waals surface area contributed by atoms with Crippen LogP contribution in [0.3, 0.4) is 0 Å². The monoisotopic (exact) mass is 531 g/mol. The lowest BCUT2D eigenvalue weighted by Gasteiger charge is -2.24. The Balaban J connectivity index is 1.53. The molecule has 1 amide bonds. The van der Waals surface area contributed by atoms with E-state index in [0.717, 1.165) is 35.6 Å². The molecule has 0 spiro atoms. The molecule has 8 heteroatoms. The summed E-state index contributed by atoms with van der Waals surface area (Å²) < 4.78 is 6.15. The lowest BCUT2D eigenvalue weighted by Crippen LogP contribution is -2.35. The maximum absolute atomic E-state index is 13.5. The molecule has 7 nitrogen and oxygen atoms in total. The van der Waals surface area contributed by atoms with Crippen LogP contribution in [0.15, 0.2) is 59.4 Å². The molecule has 0 saturated carbocycles. The third-order valence-electron chi connectivity index (χ3n) is 6.60. The summed E-state index contributed by atoms with van der Waals surface area (Å²) in [5.74, 6) is 0.775. The molecule has 0 bridgehead atoms. The van der Waals surface area contributed by atoms with Crippen molar-refractivity contribution in [3.05, 3.63) is 93.2 Å². The average Bonchev–Trinajstić information content (AvgIpc) is 3.28. The van der Waals surface area contributed by atoms with E-state index in [1.807, 2.05) is 73.3 Å². The first-order valence-corrected chi connectivity index (χ1v) is 14.1. The van der Waals surface area contributed by atoms with Crippen LogP contribution in [0.1, 0.15) is 59.7 Å². The van der Waals surface area contributed by atoms with Gasteiger partial charge in [0.05, 0.1) is 17.6 Å². The highest BCUT2D eigenvalue weighted by Gasteiger charge is 2.18. The second-order valence-corrected chi connectivity index (χ2v) is 10.8. The summed E-state index contributed by atoms with van der Waals surface area (Å²) in [6.07, 6.45) is 2.18. The van der Waals surface area contributed by atoms with Crippen LogP contribution in [0, 0.1) is 13.8 Å². The molecule has 1 N–H and O–H groups in total. The van der Waals surface area contributed by atoms with Crippen LogP contribution < -0.4 is 10.9 Å². The fourth-order valence-corrected chi connectivity index (χ4v) is 5.30. The van der Waals surface area contributed by atoms with Crippen LogP contribution in [-0.4, -0.2) is 50.4 Å². The number of hydrogen-bond acceptors (Lipinski definition) is 6. The van der Waals surface area contributed by atoms with Gasteiger partial charge in [0.15, 0.2) is 4.83 Å². The number of nitrogens with one attached hydrogen (secondary N) is 1. The quantitative estimate of drug-likeness (QED) is 0.261.